The molecular formula is C42H44Cl2Hf. The van der Waals surface area contributed by atoms with Gasteiger partial charge in [-0.05, 0) is 0 Å². The number of halogens is 2. The molecule has 0 amide bonds. The Balaban J connectivity index is 0.00000179. The molecule has 1 saturated carbocycles. The minimum atomic E-state index is -3.16. The third-order valence-corrected chi connectivity index (χ3v) is 36.4. The van der Waals surface area contributed by atoms with Crippen LogP contribution in [0.3, 0.4) is 0 Å². The van der Waals surface area contributed by atoms with E-state index >= 15 is 0 Å². The summed E-state index contributed by atoms with van der Waals surface area (Å²) in [6, 6.07) is 37.1. The summed E-state index contributed by atoms with van der Waals surface area (Å²) in [5.41, 5.74) is 15.8. The topological polar surface area (TPSA) is 0 Å². The second kappa shape index (κ2) is 13.5. The predicted octanol–water partition coefficient (Wildman–Crippen LogP) is 6.52. The molecule has 0 nitrogen and oxygen atoms in total. The zero-order chi connectivity index (χ0) is 29.0. The molecule has 4 atom stereocenters. The number of benzene rings is 4. The fourth-order valence-corrected chi connectivity index (χ4v) is 45.5. The van der Waals surface area contributed by atoms with Crippen LogP contribution in [0.1, 0.15) is 94.8 Å². The molecule has 8 rings (SSSR count). The van der Waals surface area contributed by atoms with Crippen molar-refractivity contribution in [3.05, 3.63) is 130 Å². The Morgan fingerprint density at radius 2 is 0.956 bits per heavy atom. The summed E-state index contributed by atoms with van der Waals surface area (Å²) in [5, 5.41) is 0. The molecule has 0 N–H and O–H groups in total. The van der Waals surface area contributed by atoms with Gasteiger partial charge in [-0.3, -0.25) is 0 Å². The van der Waals surface area contributed by atoms with Gasteiger partial charge in [-0.15, -0.1) is 0 Å². The molecule has 4 aliphatic rings. The van der Waals surface area contributed by atoms with Gasteiger partial charge < -0.3 is 24.8 Å². The number of allylic oxidation sites excluding steroid dienone is 2. The van der Waals surface area contributed by atoms with E-state index in [2.05, 4.69) is 123 Å². The second-order valence-corrected chi connectivity index (χ2v) is 30.3. The van der Waals surface area contributed by atoms with Gasteiger partial charge >= 0.3 is 265 Å². The molecule has 3 aliphatic carbocycles. The Bertz CT molecular complexity index is 1590. The Morgan fingerprint density at radius 1 is 0.533 bits per heavy atom. The van der Waals surface area contributed by atoms with E-state index in [0.717, 1.165) is 14.7 Å². The quantitative estimate of drug-likeness (QED) is 0.178. The number of rotatable bonds is 8. The van der Waals surface area contributed by atoms with Crippen molar-refractivity contribution in [2.45, 2.75) is 79.9 Å². The van der Waals surface area contributed by atoms with Crippen molar-refractivity contribution in [2.75, 3.05) is 0 Å². The number of hydrogen-bond acceptors (Lipinski definition) is 0. The molecule has 4 aromatic rings. The van der Waals surface area contributed by atoms with Crippen LogP contribution in [-0.2, 0) is 20.0 Å². The van der Waals surface area contributed by atoms with Gasteiger partial charge in [0.15, 0.2) is 0 Å². The van der Waals surface area contributed by atoms with Gasteiger partial charge in [-0.2, -0.15) is 0 Å². The Labute approximate surface area is 287 Å². The van der Waals surface area contributed by atoms with E-state index in [0.29, 0.717) is 0 Å². The zero-order valence-corrected chi connectivity index (χ0v) is 31.7. The molecule has 2 fully saturated rings. The zero-order valence-electron chi connectivity index (χ0n) is 26.6. The maximum Gasteiger partial charge on any atom is -1.00 e. The van der Waals surface area contributed by atoms with E-state index in [1.807, 2.05) is 0 Å². The number of fused-ring (bicyclic) bond motifs is 3. The Kier molecular flexibility index (Phi) is 9.82. The van der Waals surface area contributed by atoms with Crippen LogP contribution >= 0.6 is 0 Å². The predicted molar refractivity (Wildman–Crippen MR) is 181 cm³/mol. The van der Waals surface area contributed by atoms with Crippen molar-refractivity contribution in [1.29, 1.82) is 0 Å². The summed E-state index contributed by atoms with van der Waals surface area (Å²) in [6.45, 7) is 4.81. The summed E-state index contributed by atoms with van der Waals surface area (Å²) >= 11 is -3.16. The molecule has 4 unspecified atom stereocenters. The van der Waals surface area contributed by atoms with Gasteiger partial charge in [0, 0.05) is 0 Å². The molecule has 1 aliphatic heterocycles. The van der Waals surface area contributed by atoms with E-state index in [9.17, 15) is 0 Å². The summed E-state index contributed by atoms with van der Waals surface area (Å²) in [4.78, 5) is 0. The molecule has 1 saturated heterocycles. The maximum absolute atomic E-state index is 3.16. The van der Waals surface area contributed by atoms with Crippen LogP contribution in [-0.4, -0.2) is 0 Å². The molecule has 0 spiro atoms. The number of hydrogen-bond donors (Lipinski definition) is 0. The largest absolute Gasteiger partial charge is 1.00 e. The van der Waals surface area contributed by atoms with Gasteiger partial charge in [0.25, 0.3) is 0 Å². The normalized spacial score (nSPS) is 24.1. The Morgan fingerprint density at radius 3 is 1.36 bits per heavy atom. The smallest absolute Gasteiger partial charge is 1.00 e. The summed E-state index contributed by atoms with van der Waals surface area (Å²) in [6.07, 6.45) is 16.3. The molecule has 0 bridgehead atoms. The summed E-state index contributed by atoms with van der Waals surface area (Å²) < 4.78 is 3.54. The van der Waals surface area contributed by atoms with Gasteiger partial charge in [0.2, 0.25) is 0 Å². The van der Waals surface area contributed by atoms with Crippen molar-refractivity contribution in [2.24, 2.45) is 0 Å². The van der Waals surface area contributed by atoms with E-state index in [4.69, 9.17) is 0 Å². The van der Waals surface area contributed by atoms with Crippen LogP contribution < -0.4 is 24.8 Å². The van der Waals surface area contributed by atoms with Gasteiger partial charge in [0.05, 0.1) is 0 Å². The van der Waals surface area contributed by atoms with Crippen molar-refractivity contribution in [3.8, 4) is 22.3 Å². The monoisotopic (exact) mass is 798 g/mol. The standard InChI is InChI=1S/2C18H17.C6H10.2ClH.Hf/c2*1-2-7-14-12-16-10-6-11-17(18(16)13-14)15-8-4-3-5-9-15;1-2-4-6-5-3-1;;;/h2*3-6,8-13H,2,7H2,1H3;1-2H,3-6H2;2*1H;/q;;;;;+2/p-2. The first-order valence-corrected chi connectivity index (χ1v) is 25.3. The minimum absolute atomic E-state index is 0. The summed E-state index contributed by atoms with van der Waals surface area (Å²) in [7, 11) is 0. The second-order valence-electron chi connectivity index (χ2n) is 13.7. The first-order valence-electron chi connectivity index (χ1n) is 17.0. The van der Waals surface area contributed by atoms with Gasteiger partial charge in [-0.1, -0.05) is 0 Å². The van der Waals surface area contributed by atoms with E-state index in [-0.39, 0.29) is 24.8 Å². The van der Waals surface area contributed by atoms with Gasteiger partial charge in [0.1, 0.15) is 0 Å². The van der Waals surface area contributed by atoms with Crippen LogP contribution in [0.2, 0.25) is 7.35 Å². The SMILES string of the molecule is CCCC1=Cc2c(-c3ccccc3)cccc2[CH]1[Hf+2]1([CH]2C(CCC)=Cc3c(-c4ccccc4)cccc32)[CH]2CCCC[CH]21.[Cl-].[Cl-]. The molecule has 0 radical (unpaired) electrons. The molecule has 230 valence electrons. The van der Waals surface area contributed by atoms with Gasteiger partial charge in [-0.25, -0.2) is 0 Å². The van der Waals surface area contributed by atoms with Crippen molar-refractivity contribution < 1.29 is 44.8 Å². The van der Waals surface area contributed by atoms with Crippen molar-refractivity contribution in [3.63, 3.8) is 0 Å². The van der Waals surface area contributed by atoms with Crippen LogP contribution in [0.15, 0.2) is 108 Å². The minimum Gasteiger partial charge on any atom is -1.00 e. The maximum atomic E-state index is 2.71. The van der Waals surface area contributed by atoms with E-state index < -0.39 is 20.0 Å². The summed E-state index contributed by atoms with van der Waals surface area (Å²) in [5.74, 6) is 0. The van der Waals surface area contributed by atoms with Crippen LogP contribution in [0, 0.1) is 0 Å². The average molecular weight is 798 g/mol. The fourth-order valence-electron chi connectivity index (χ4n) is 10.1. The Hall–Kier alpha value is -2.19. The van der Waals surface area contributed by atoms with E-state index in [1.54, 1.807) is 33.4 Å². The van der Waals surface area contributed by atoms with Crippen LogP contribution in [0.4, 0.5) is 0 Å². The van der Waals surface area contributed by atoms with Crippen molar-refractivity contribution in [1.82, 2.24) is 0 Å². The average Bonchev–Trinajstić information content (AvgIpc) is 3.33. The van der Waals surface area contributed by atoms with E-state index in [1.165, 1.54) is 73.6 Å². The van der Waals surface area contributed by atoms with Crippen molar-refractivity contribution >= 4 is 12.2 Å². The molecule has 4 aromatic carbocycles. The van der Waals surface area contributed by atoms with Crippen LogP contribution in [0.25, 0.3) is 34.4 Å². The molecule has 45 heavy (non-hydrogen) atoms. The first-order chi connectivity index (χ1) is 21.3. The molecule has 1 heterocycles. The molecule has 3 heteroatoms. The third-order valence-electron chi connectivity index (χ3n) is 11.5. The van der Waals surface area contributed by atoms with Crippen LogP contribution in [0.5, 0.6) is 0 Å². The molecule has 0 aromatic heterocycles. The molecular weight excluding hydrogens is 754 g/mol. The third kappa shape index (κ3) is 5.21. The fraction of sp³-hybridized carbons (Fsp3) is 0.333. The first kappa shape index (κ1) is 32.7.